The summed E-state index contributed by atoms with van der Waals surface area (Å²) in [5.74, 6) is -0.919. The van der Waals surface area contributed by atoms with E-state index >= 15 is 0 Å². The van der Waals surface area contributed by atoms with Crippen LogP contribution in [0.1, 0.15) is 5.56 Å². The van der Waals surface area contributed by atoms with E-state index in [1.165, 1.54) is 0 Å². The van der Waals surface area contributed by atoms with Crippen molar-refractivity contribution in [2.75, 3.05) is 12.0 Å². The molecule has 4 nitrogen and oxygen atoms in total. The Kier molecular flexibility index (Phi) is 6.93. The molecule has 9 heteroatoms. The number of nitrogens with one attached hydrogen (secondary N) is 3. The zero-order valence-electron chi connectivity index (χ0n) is 10.9. The Morgan fingerprint density at radius 2 is 1.86 bits per heavy atom. The fourth-order valence-corrected chi connectivity index (χ4v) is 1.90. The zero-order valence-corrected chi connectivity index (χ0v) is 14.0. The van der Waals surface area contributed by atoms with Gasteiger partial charge < -0.3 is 16.0 Å². The third kappa shape index (κ3) is 6.65. The van der Waals surface area contributed by atoms with Gasteiger partial charge in [0.15, 0.2) is 11.8 Å². The van der Waals surface area contributed by atoms with Crippen LogP contribution in [-0.2, 0) is 4.79 Å². The van der Waals surface area contributed by atoms with Gasteiger partial charge in [-0.3, -0.25) is 4.79 Å². The third-order valence-electron chi connectivity index (χ3n) is 2.34. The van der Waals surface area contributed by atoms with Gasteiger partial charge in [-0.15, -0.1) is 0 Å². The molecule has 0 fully saturated rings. The summed E-state index contributed by atoms with van der Waals surface area (Å²) in [7, 11) is 0. The second-order valence-corrected chi connectivity index (χ2v) is 6.92. The first kappa shape index (κ1) is 18.2. The Hall–Kier alpha value is -0.820. The molecule has 0 aromatic heterocycles. The van der Waals surface area contributed by atoms with Crippen LogP contribution in [0, 0.1) is 6.92 Å². The summed E-state index contributed by atoms with van der Waals surface area (Å²) in [5, 5.41) is 7.78. The lowest BCUT2D eigenvalue weighted by Gasteiger charge is -2.27. The lowest BCUT2D eigenvalue weighted by molar-refractivity contribution is -0.122. The van der Waals surface area contributed by atoms with E-state index in [4.69, 9.17) is 47.0 Å². The predicted octanol–water partition coefficient (Wildman–Crippen LogP) is 3.06. The highest BCUT2D eigenvalue weighted by Gasteiger charge is 2.34. The number of alkyl halides is 4. The van der Waals surface area contributed by atoms with E-state index in [9.17, 15) is 9.18 Å². The van der Waals surface area contributed by atoms with Gasteiger partial charge in [0.05, 0.1) is 0 Å². The molecule has 3 N–H and O–H groups in total. The average Bonchev–Trinajstić information content (AvgIpc) is 2.39. The highest BCUT2D eigenvalue weighted by Crippen LogP contribution is 2.29. The molecule has 0 aliphatic rings. The van der Waals surface area contributed by atoms with E-state index in [-0.39, 0.29) is 5.11 Å². The van der Waals surface area contributed by atoms with Crippen LogP contribution in [-0.4, -0.2) is 27.7 Å². The van der Waals surface area contributed by atoms with Crippen LogP contribution >= 0.6 is 47.0 Å². The van der Waals surface area contributed by atoms with E-state index in [1.807, 2.05) is 31.2 Å². The highest BCUT2D eigenvalue weighted by molar-refractivity contribution is 7.80. The first-order valence-electron chi connectivity index (χ1n) is 5.78. The molecule has 0 spiro atoms. The quantitative estimate of drug-likeness (QED) is 0.432. The Morgan fingerprint density at radius 1 is 1.29 bits per heavy atom. The van der Waals surface area contributed by atoms with Crippen molar-refractivity contribution in [3.8, 4) is 0 Å². The van der Waals surface area contributed by atoms with Crippen molar-refractivity contribution in [2.24, 2.45) is 0 Å². The average molecular weight is 373 g/mol. The molecular formula is C12H13Cl3FN3OS. The van der Waals surface area contributed by atoms with E-state index in [0.717, 1.165) is 11.3 Å². The van der Waals surface area contributed by atoms with E-state index < -0.39 is 22.5 Å². The van der Waals surface area contributed by atoms with Gasteiger partial charge in [-0.2, -0.15) is 0 Å². The van der Waals surface area contributed by atoms with E-state index in [1.54, 1.807) is 0 Å². The van der Waals surface area contributed by atoms with Crippen LogP contribution in [0.5, 0.6) is 0 Å². The molecule has 0 aliphatic carbocycles. The van der Waals surface area contributed by atoms with Crippen molar-refractivity contribution in [2.45, 2.75) is 16.9 Å². The monoisotopic (exact) mass is 371 g/mol. The Labute approximate surface area is 142 Å². The van der Waals surface area contributed by atoms with Crippen molar-refractivity contribution >= 4 is 63.7 Å². The summed E-state index contributed by atoms with van der Waals surface area (Å²) < 4.78 is 10.3. The van der Waals surface area contributed by atoms with Gasteiger partial charge in [0.1, 0.15) is 6.17 Å². The Balaban J connectivity index is 2.67. The Bertz CT molecular complexity index is 507. The predicted molar refractivity (Wildman–Crippen MR) is 88.7 cm³/mol. The number of hydrogen-bond acceptors (Lipinski definition) is 2. The van der Waals surface area contributed by atoms with Gasteiger partial charge in [-0.1, -0.05) is 52.5 Å². The molecular weight excluding hydrogens is 360 g/mol. The lowest BCUT2D eigenvalue weighted by Crippen LogP contribution is -2.56. The minimum absolute atomic E-state index is 0.120. The van der Waals surface area contributed by atoms with Crippen molar-refractivity contribution in [3.05, 3.63) is 29.8 Å². The van der Waals surface area contributed by atoms with Crippen LogP contribution in [0.3, 0.4) is 0 Å². The summed E-state index contributed by atoms with van der Waals surface area (Å²) >= 11 is 22.2. The van der Waals surface area contributed by atoms with Crippen LogP contribution in [0.4, 0.5) is 10.1 Å². The number of aryl methyl sites for hydroxylation is 1. The van der Waals surface area contributed by atoms with Crippen molar-refractivity contribution in [1.29, 1.82) is 0 Å². The van der Waals surface area contributed by atoms with Gasteiger partial charge in [-0.05, 0) is 31.3 Å². The minimum atomic E-state index is -1.90. The molecule has 0 radical (unpaired) electrons. The number of carbonyl (C=O) groups is 1. The van der Waals surface area contributed by atoms with Crippen LogP contribution in [0.2, 0.25) is 0 Å². The number of benzene rings is 1. The highest BCUT2D eigenvalue weighted by atomic mass is 35.6. The molecule has 116 valence electrons. The second kappa shape index (κ2) is 7.98. The molecule has 1 atom stereocenters. The van der Waals surface area contributed by atoms with Gasteiger partial charge >= 0.3 is 0 Å². The number of anilines is 1. The molecule has 0 aliphatic heterocycles. The smallest absolute Gasteiger partial charge is 0.253 e. The van der Waals surface area contributed by atoms with Gasteiger partial charge in [-0.25, -0.2) is 4.39 Å². The first-order valence-corrected chi connectivity index (χ1v) is 7.33. The van der Waals surface area contributed by atoms with Gasteiger partial charge in [0.2, 0.25) is 3.79 Å². The summed E-state index contributed by atoms with van der Waals surface area (Å²) in [6, 6.07) is 7.41. The number of carbonyl (C=O) groups excluding carboxylic acids is 1. The zero-order chi connectivity index (χ0) is 16.0. The van der Waals surface area contributed by atoms with Crippen molar-refractivity contribution < 1.29 is 9.18 Å². The molecule has 1 aromatic rings. The van der Waals surface area contributed by atoms with E-state index in [0.29, 0.717) is 0 Å². The van der Waals surface area contributed by atoms with Gasteiger partial charge in [0.25, 0.3) is 5.91 Å². The van der Waals surface area contributed by atoms with Crippen molar-refractivity contribution in [1.82, 2.24) is 10.6 Å². The standard InChI is InChI=1S/C12H13Cl3FN3OS/c1-7-2-4-8(5-3-7)17-11(21)19-10(12(13,14)15)18-9(20)6-16/h2-5,10H,6H2,1H3,(H,18,20)(H2,17,19,21)/t10-/m0/s1. The summed E-state index contributed by atoms with van der Waals surface area (Å²) in [4.78, 5) is 11.1. The summed E-state index contributed by atoms with van der Waals surface area (Å²) in [6.45, 7) is 0.725. The molecule has 1 rings (SSSR count). The SMILES string of the molecule is Cc1ccc(NC(=S)N[C@H](NC(=O)CF)C(Cl)(Cl)Cl)cc1. The molecule has 21 heavy (non-hydrogen) atoms. The Morgan fingerprint density at radius 3 is 2.33 bits per heavy atom. The van der Waals surface area contributed by atoms with Crippen LogP contribution in [0.15, 0.2) is 24.3 Å². The minimum Gasteiger partial charge on any atom is -0.339 e. The molecule has 0 saturated heterocycles. The topological polar surface area (TPSA) is 53.2 Å². The molecule has 1 aromatic carbocycles. The number of halogens is 4. The maximum atomic E-state index is 12.2. The first-order chi connectivity index (χ1) is 9.72. The fourth-order valence-electron chi connectivity index (χ4n) is 1.33. The fraction of sp³-hybridized carbons (Fsp3) is 0.333. The number of hydrogen-bond donors (Lipinski definition) is 3. The van der Waals surface area contributed by atoms with Crippen LogP contribution < -0.4 is 16.0 Å². The van der Waals surface area contributed by atoms with Crippen molar-refractivity contribution in [3.63, 3.8) is 0 Å². The normalized spacial score (nSPS) is 12.4. The van der Waals surface area contributed by atoms with E-state index in [2.05, 4.69) is 16.0 Å². The molecule has 0 unspecified atom stereocenters. The maximum absolute atomic E-state index is 12.2. The second-order valence-electron chi connectivity index (χ2n) is 4.14. The number of rotatable bonds is 4. The van der Waals surface area contributed by atoms with Crippen LogP contribution in [0.25, 0.3) is 0 Å². The molecule has 1 amide bonds. The maximum Gasteiger partial charge on any atom is 0.253 e. The van der Waals surface area contributed by atoms with Gasteiger partial charge in [0, 0.05) is 5.69 Å². The third-order valence-corrected chi connectivity index (χ3v) is 3.21. The lowest BCUT2D eigenvalue weighted by atomic mass is 10.2. The summed E-state index contributed by atoms with van der Waals surface area (Å²) in [6.07, 6.45) is -1.17. The number of amides is 1. The molecule has 0 saturated carbocycles. The molecule has 0 bridgehead atoms. The largest absolute Gasteiger partial charge is 0.339 e. The summed E-state index contributed by atoms with van der Waals surface area (Å²) in [5.41, 5.74) is 1.81. The number of thiocarbonyl (C=S) groups is 1. The molecule has 0 heterocycles.